The summed E-state index contributed by atoms with van der Waals surface area (Å²) in [6.07, 6.45) is 0. The first-order valence-electron chi connectivity index (χ1n) is 11.8. The van der Waals surface area contributed by atoms with Crippen LogP contribution in [0, 0.1) is 6.92 Å². The van der Waals surface area contributed by atoms with E-state index in [4.69, 9.17) is 21.1 Å². The molecule has 0 aliphatic heterocycles. The summed E-state index contributed by atoms with van der Waals surface area (Å²) in [6, 6.07) is 21.1. The van der Waals surface area contributed by atoms with Gasteiger partial charge in [-0.25, -0.2) is 4.79 Å². The molecule has 0 bridgehead atoms. The summed E-state index contributed by atoms with van der Waals surface area (Å²) < 4.78 is 10.8. The van der Waals surface area contributed by atoms with E-state index >= 15 is 0 Å². The Kier molecular flexibility index (Phi) is 8.78. The van der Waals surface area contributed by atoms with Crippen LogP contribution in [-0.2, 0) is 9.53 Å². The average molecular weight is 549 g/mol. The Bertz CT molecular complexity index is 1450. The number of nitrogens with one attached hydrogen (secondary N) is 2. The molecule has 0 saturated heterocycles. The van der Waals surface area contributed by atoms with Gasteiger partial charge in [-0.1, -0.05) is 41.9 Å². The van der Waals surface area contributed by atoms with Gasteiger partial charge >= 0.3 is 5.97 Å². The Hall–Kier alpha value is -4.14. The molecule has 4 rings (SSSR count). The fourth-order valence-corrected chi connectivity index (χ4v) is 4.72. The molecule has 0 atom stereocenters. The number of hydrogen-bond donors (Lipinski definition) is 2. The van der Waals surface area contributed by atoms with Crippen LogP contribution in [0.15, 0.2) is 78.2 Å². The standard InChI is InChI=1S/C29H25ClN2O5S/c1-3-36-29(35)26-23(19-8-12-21(30)13-9-19)17-38-28(26)32-25(33)16-37-22-14-10-20(11-15-22)27(34)31-24-7-5-4-6-18(24)2/h4-15,17H,3,16H2,1-2H3,(H,31,34)(H,32,33). The smallest absolute Gasteiger partial charge is 0.341 e. The summed E-state index contributed by atoms with van der Waals surface area (Å²) >= 11 is 7.21. The van der Waals surface area contributed by atoms with Crippen molar-refractivity contribution in [2.45, 2.75) is 13.8 Å². The van der Waals surface area contributed by atoms with Crippen LogP contribution in [-0.4, -0.2) is 31.0 Å². The number of benzene rings is 3. The van der Waals surface area contributed by atoms with Crippen LogP contribution >= 0.6 is 22.9 Å². The molecule has 194 valence electrons. The summed E-state index contributed by atoms with van der Waals surface area (Å²) in [5, 5.41) is 8.35. The Balaban J connectivity index is 1.40. The minimum absolute atomic E-state index is 0.199. The number of carbonyl (C=O) groups is 3. The third-order valence-electron chi connectivity index (χ3n) is 5.56. The van der Waals surface area contributed by atoms with Gasteiger partial charge in [0.1, 0.15) is 16.3 Å². The van der Waals surface area contributed by atoms with Crippen molar-refractivity contribution in [3.05, 3.63) is 99.9 Å². The highest BCUT2D eigenvalue weighted by atomic mass is 35.5. The van der Waals surface area contributed by atoms with Crippen molar-refractivity contribution in [2.75, 3.05) is 23.8 Å². The Morgan fingerprint density at radius 2 is 1.63 bits per heavy atom. The number of carbonyl (C=O) groups excluding carboxylic acids is 3. The van der Waals surface area contributed by atoms with Crippen LogP contribution in [0.5, 0.6) is 5.75 Å². The molecule has 9 heteroatoms. The van der Waals surface area contributed by atoms with Crippen LogP contribution in [0.3, 0.4) is 0 Å². The van der Waals surface area contributed by atoms with Crippen LogP contribution in [0.1, 0.15) is 33.2 Å². The maximum Gasteiger partial charge on any atom is 0.341 e. The van der Waals surface area contributed by atoms with Gasteiger partial charge in [0.25, 0.3) is 11.8 Å². The molecular weight excluding hydrogens is 524 g/mol. The van der Waals surface area contributed by atoms with Crippen molar-refractivity contribution in [1.29, 1.82) is 0 Å². The third kappa shape index (κ3) is 6.59. The summed E-state index contributed by atoms with van der Waals surface area (Å²) in [5.41, 5.74) is 3.85. The molecule has 4 aromatic rings. The van der Waals surface area contributed by atoms with E-state index in [1.165, 1.54) is 11.3 Å². The molecule has 0 unspecified atom stereocenters. The predicted octanol–water partition coefficient (Wildman–Crippen LogP) is 6.82. The lowest BCUT2D eigenvalue weighted by Crippen LogP contribution is -2.21. The van der Waals surface area contributed by atoms with Gasteiger partial charge < -0.3 is 20.1 Å². The van der Waals surface area contributed by atoms with Crippen LogP contribution in [0.4, 0.5) is 10.7 Å². The number of para-hydroxylation sites is 1. The topological polar surface area (TPSA) is 93.7 Å². The van der Waals surface area contributed by atoms with E-state index < -0.39 is 11.9 Å². The summed E-state index contributed by atoms with van der Waals surface area (Å²) in [5.74, 6) is -0.800. The lowest BCUT2D eigenvalue weighted by molar-refractivity contribution is -0.118. The number of anilines is 2. The first kappa shape index (κ1) is 26.9. The molecule has 38 heavy (non-hydrogen) atoms. The normalized spacial score (nSPS) is 10.5. The molecular formula is C29H25ClN2O5S. The van der Waals surface area contributed by atoms with Gasteiger partial charge in [0, 0.05) is 27.2 Å². The Labute approximate surface area is 229 Å². The largest absolute Gasteiger partial charge is 0.484 e. The number of aryl methyl sites for hydroxylation is 1. The van der Waals surface area contributed by atoms with Crippen molar-refractivity contribution < 1.29 is 23.9 Å². The van der Waals surface area contributed by atoms with Crippen LogP contribution in [0.2, 0.25) is 5.02 Å². The van der Waals surface area contributed by atoms with E-state index in [-0.39, 0.29) is 24.7 Å². The molecule has 7 nitrogen and oxygen atoms in total. The molecule has 2 N–H and O–H groups in total. The van der Waals surface area contributed by atoms with E-state index in [1.807, 2.05) is 31.2 Å². The minimum Gasteiger partial charge on any atom is -0.484 e. The van der Waals surface area contributed by atoms with Gasteiger partial charge in [-0.15, -0.1) is 11.3 Å². The molecule has 3 aromatic carbocycles. The van der Waals surface area contributed by atoms with Crippen molar-refractivity contribution in [1.82, 2.24) is 0 Å². The number of rotatable bonds is 9. The van der Waals surface area contributed by atoms with Crippen LogP contribution in [0.25, 0.3) is 11.1 Å². The highest BCUT2D eigenvalue weighted by molar-refractivity contribution is 7.15. The minimum atomic E-state index is -0.533. The van der Waals surface area contributed by atoms with Gasteiger partial charge in [0.15, 0.2) is 6.61 Å². The first-order valence-corrected chi connectivity index (χ1v) is 13.1. The predicted molar refractivity (Wildman–Crippen MR) is 150 cm³/mol. The zero-order valence-corrected chi connectivity index (χ0v) is 22.3. The van der Waals surface area contributed by atoms with Gasteiger partial charge in [-0.3, -0.25) is 9.59 Å². The van der Waals surface area contributed by atoms with E-state index in [1.54, 1.807) is 60.8 Å². The van der Waals surface area contributed by atoms with Crippen molar-refractivity contribution in [3.8, 4) is 16.9 Å². The third-order valence-corrected chi connectivity index (χ3v) is 6.71. The molecule has 0 spiro atoms. The van der Waals surface area contributed by atoms with E-state index in [9.17, 15) is 14.4 Å². The fraction of sp³-hybridized carbons (Fsp3) is 0.138. The second-order valence-corrected chi connectivity index (χ2v) is 9.53. The molecule has 0 fully saturated rings. The zero-order chi connectivity index (χ0) is 27.1. The maximum absolute atomic E-state index is 12.7. The number of ether oxygens (including phenoxy) is 2. The van der Waals surface area contributed by atoms with Crippen molar-refractivity contribution >= 4 is 51.4 Å². The van der Waals surface area contributed by atoms with Gasteiger partial charge in [-0.05, 0) is 67.4 Å². The lowest BCUT2D eigenvalue weighted by Gasteiger charge is -2.11. The number of esters is 1. The highest BCUT2D eigenvalue weighted by Crippen LogP contribution is 2.36. The van der Waals surface area contributed by atoms with E-state index in [2.05, 4.69) is 10.6 Å². The monoisotopic (exact) mass is 548 g/mol. The lowest BCUT2D eigenvalue weighted by atomic mass is 10.0. The number of thiophene rings is 1. The maximum atomic E-state index is 12.7. The molecule has 0 radical (unpaired) electrons. The SMILES string of the molecule is CCOC(=O)c1c(-c2ccc(Cl)cc2)csc1NC(=O)COc1ccc(C(=O)Nc2ccccc2C)cc1. The molecule has 0 aliphatic carbocycles. The Morgan fingerprint density at radius 3 is 2.32 bits per heavy atom. The van der Waals surface area contributed by atoms with Crippen LogP contribution < -0.4 is 15.4 Å². The molecule has 0 saturated carbocycles. The van der Waals surface area contributed by atoms with Crippen molar-refractivity contribution in [2.24, 2.45) is 0 Å². The Morgan fingerprint density at radius 1 is 0.921 bits per heavy atom. The fourth-order valence-electron chi connectivity index (χ4n) is 3.62. The van der Waals surface area contributed by atoms with Gasteiger partial charge in [-0.2, -0.15) is 0 Å². The summed E-state index contributed by atoms with van der Waals surface area (Å²) in [6.45, 7) is 3.55. The second-order valence-electron chi connectivity index (χ2n) is 8.21. The first-order chi connectivity index (χ1) is 18.4. The molecule has 1 heterocycles. The van der Waals surface area contributed by atoms with Gasteiger partial charge in [0.05, 0.1) is 6.61 Å². The second kappa shape index (κ2) is 12.4. The number of halogens is 1. The highest BCUT2D eigenvalue weighted by Gasteiger charge is 2.23. The quantitative estimate of drug-likeness (QED) is 0.224. The van der Waals surface area contributed by atoms with E-state index in [0.717, 1.165) is 16.8 Å². The average Bonchev–Trinajstić information content (AvgIpc) is 3.33. The molecule has 0 aliphatic rings. The zero-order valence-electron chi connectivity index (χ0n) is 20.7. The van der Waals surface area contributed by atoms with Gasteiger partial charge in [0.2, 0.25) is 0 Å². The number of amides is 2. The summed E-state index contributed by atoms with van der Waals surface area (Å²) in [4.78, 5) is 37.9. The van der Waals surface area contributed by atoms with E-state index in [0.29, 0.717) is 26.9 Å². The molecule has 2 amide bonds. The number of hydrogen-bond acceptors (Lipinski definition) is 6. The molecule has 1 aromatic heterocycles. The van der Waals surface area contributed by atoms with Crippen molar-refractivity contribution in [3.63, 3.8) is 0 Å². The summed E-state index contributed by atoms with van der Waals surface area (Å²) in [7, 11) is 0.